The van der Waals surface area contributed by atoms with E-state index in [0.29, 0.717) is 17.0 Å². The molecule has 0 unspecified atom stereocenters. The summed E-state index contributed by atoms with van der Waals surface area (Å²) in [7, 11) is -2.60. The van der Waals surface area contributed by atoms with Crippen LogP contribution in [0.3, 0.4) is 0 Å². The van der Waals surface area contributed by atoms with E-state index >= 15 is 0 Å². The zero-order valence-electron chi connectivity index (χ0n) is 16.1. The molecule has 152 valence electrons. The van der Waals surface area contributed by atoms with Crippen LogP contribution in [0.4, 0.5) is 11.4 Å². The lowest BCUT2D eigenvalue weighted by Gasteiger charge is -2.25. The molecule has 3 rings (SSSR count). The molecule has 7 nitrogen and oxygen atoms in total. The number of anilines is 2. The molecule has 30 heavy (non-hydrogen) atoms. The van der Waals surface area contributed by atoms with Gasteiger partial charge in [0.2, 0.25) is 5.91 Å². The van der Waals surface area contributed by atoms with E-state index in [1.54, 1.807) is 66.7 Å². The first-order valence-electron chi connectivity index (χ1n) is 8.96. The number of hydrogen-bond acceptors (Lipinski definition) is 5. The lowest BCUT2D eigenvalue weighted by Crippen LogP contribution is -2.38. The zero-order chi connectivity index (χ0) is 21.6. The molecule has 8 heteroatoms. The first kappa shape index (κ1) is 20.9. The minimum Gasteiger partial charge on any atom is -0.495 e. The molecular formula is C22H19N3O4S. The lowest BCUT2D eigenvalue weighted by molar-refractivity contribution is -0.114. The van der Waals surface area contributed by atoms with E-state index < -0.39 is 22.5 Å². The van der Waals surface area contributed by atoms with Gasteiger partial charge in [-0.25, -0.2) is 8.42 Å². The Labute approximate surface area is 175 Å². The Bertz CT molecular complexity index is 1170. The quantitative estimate of drug-likeness (QED) is 0.630. The van der Waals surface area contributed by atoms with Crippen molar-refractivity contribution >= 4 is 27.3 Å². The Balaban J connectivity index is 1.95. The van der Waals surface area contributed by atoms with Crippen LogP contribution in [0.25, 0.3) is 0 Å². The number of nitrogens with one attached hydrogen (secondary N) is 1. The smallest absolute Gasteiger partial charge is 0.264 e. The molecule has 0 saturated heterocycles. The maximum atomic E-state index is 13.3. The predicted octanol–water partition coefficient (Wildman–Crippen LogP) is 3.40. The Morgan fingerprint density at radius 1 is 1.00 bits per heavy atom. The number of carbonyl (C=O) groups is 1. The van der Waals surface area contributed by atoms with Crippen molar-refractivity contribution in [2.24, 2.45) is 0 Å². The lowest BCUT2D eigenvalue weighted by atomic mass is 10.2. The maximum Gasteiger partial charge on any atom is 0.264 e. The number of ether oxygens (including phenoxy) is 1. The minimum atomic E-state index is -4.04. The van der Waals surface area contributed by atoms with Crippen molar-refractivity contribution in [3.05, 3.63) is 84.4 Å². The second kappa shape index (κ2) is 9.11. The fourth-order valence-electron chi connectivity index (χ4n) is 2.81. The third kappa shape index (κ3) is 4.59. The molecule has 0 radical (unpaired) electrons. The molecule has 0 fully saturated rings. The normalized spacial score (nSPS) is 10.7. The molecule has 0 aliphatic rings. The van der Waals surface area contributed by atoms with Crippen LogP contribution in [0.2, 0.25) is 0 Å². The van der Waals surface area contributed by atoms with Crippen LogP contribution in [-0.2, 0) is 14.8 Å². The van der Waals surface area contributed by atoms with E-state index in [9.17, 15) is 13.2 Å². The van der Waals surface area contributed by atoms with Crippen LogP contribution >= 0.6 is 0 Å². The summed E-state index contributed by atoms with van der Waals surface area (Å²) in [5.41, 5.74) is 1.16. The number of methoxy groups -OCH3 is 1. The first-order valence-corrected chi connectivity index (χ1v) is 10.4. The topological polar surface area (TPSA) is 99.5 Å². The van der Waals surface area contributed by atoms with Gasteiger partial charge in [-0.3, -0.25) is 9.10 Å². The van der Waals surface area contributed by atoms with Crippen LogP contribution in [0.5, 0.6) is 5.75 Å². The van der Waals surface area contributed by atoms with Crippen molar-refractivity contribution < 1.29 is 17.9 Å². The largest absolute Gasteiger partial charge is 0.495 e. The minimum absolute atomic E-state index is 0.0575. The fraction of sp³-hybridized carbons (Fsp3) is 0.0909. The van der Waals surface area contributed by atoms with Crippen molar-refractivity contribution in [1.29, 1.82) is 5.26 Å². The molecule has 1 N–H and O–H groups in total. The molecule has 0 saturated carbocycles. The van der Waals surface area contributed by atoms with Crippen molar-refractivity contribution in [2.45, 2.75) is 4.90 Å². The number of nitrogens with zero attached hydrogens (tertiary/aromatic N) is 2. The molecule has 0 bridgehead atoms. The molecule has 0 atom stereocenters. The number of rotatable bonds is 7. The number of carbonyl (C=O) groups excluding carboxylic acids is 1. The van der Waals surface area contributed by atoms with Crippen molar-refractivity contribution in [2.75, 3.05) is 23.3 Å². The molecule has 0 aliphatic carbocycles. The summed E-state index contributed by atoms with van der Waals surface area (Å²) in [6.07, 6.45) is 0. The molecule has 0 aliphatic heterocycles. The van der Waals surface area contributed by atoms with Gasteiger partial charge >= 0.3 is 0 Å². The summed E-state index contributed by atoms with van der Waals surface area (Å²) < 4.78 is 33.0. The average molecular weight is 421 g/mol. The predicted molar refractivity (Wildman–Crippen MR) is 114 cm³/mol. The molecule has 0 aromatic heterocycles. The summed E-state index contributed by atoms with van der Waals surface area (Å²) in [6, 6.07) is 22.8. The molecular weight excluding hydrogens is 402 g/mol. The summed E-state index contributed by atoms with van der Waals surface area (Å²) in [5.74, 6) is -0.215. The summed E-state index contributed by atoms with van der Waals surface area (Å²) in [4.78, 5) is 12.8. The monoisotopic (exact) mass is 421 g/mol. The van der Waals surface area contributed by atoms with Gasteiger partial charge in [-0.15, -0.1) is 0 Å². The van der Waals surface area contributed by atoms with E-state index in [-0.39, 0.29) is 10.6 Å². The van der Waals surface area contributed by atoms with Crippen LogP contribution in [0, 0.1) is 11.3 Å². The highest BCUT2D eigenvalue weighted by Crippen LogP contribution is 2.32. The van der Waals surface area contributed by atoms with Crippen molar-refractivity contribution in [3.8, 4) is 11.8 Å². The number of amides is 1. The van der Waals surface area contributed by atoms with Gasteiger partial charge in [0.1, 0.15) is 12.3 Å². The van der Waals surface area contributed by atoms with E-state index in [1.165, 1.54) is 19.2 Å². The maximum absolute atomic E-state index is 13.3. The number of hydrogen-bond donors (Lipinski definition) is 1. The van der Waals surface area contributed by atoms with Crippen molar-refractivity contribution in [1.82, 2.24) is 0 Å². The molecule has 3 aromatic rings. The highest BCUT2D eigenvalue weighted by atomic mass is 32.2. The van der Waals surface area contributed by atoms with Gasteiger partial charge in [0.25, 0.3) is 10.0 Å². The molecule has 0 spiro atoms. The van der Waals surface area contributed by atoms with Crippen LogP contribution in [0.15, 0.2) is 83.8 Å². The Hall–Kier alpha value is -3.83. The highest BCUT2D eigenvalue weighted by molar-refractivity contribution is 7.92. The second-order valence-electron chi connectivity index (χ2n) is 6.23. The van der Waals surface area contributed by atoms with E-state index in [2.05, 4.69) is 5.32 Å². The number of para-hydroxylation sites is 2. The van der Waals surface area contributed by atoms with E-state index in [1.807, 2.05) is 6.07 Å². The molecule has 3 aromatic carbocycles. The Morgan fingerprint density at radius 2 is 1.63 bits per heavy atom. The van der Waals surface area contributed by atoms with E-state index in [4.69, 9.17) is 10.00 Å². The van der Waals surface area contributed by atoms with Gasteiger partial charge in [-0.05, 0) is 48.5 Å². The van der Waals surface area contributed by atoms with Gasteiger partial charge in [0.15, 0.2) is 0 Å². The van der Waals surface area contributed by atoms with Gasteiger partial charge in [-0.1, -0.05) is 30.3 Å². The zero-order valence-corrected chi connectivity index (χ0v) is 17.0. The first-order chi connectivity index (χ1) is 14.5. The second-order valence-corrected chi connectivity index (χ2v) is 8.10. The fourth-order valence-corrected chi connectivity index (χ4v) is 4.27. The Morgan fingerprint density at radius 3 is 2.27 bits per heavy atom. The Kier molecular flexibility index (Phi) is 6.35. The number of benzene rings is 3. The standard InChI is InChI=1S/C22H19N3O4S/c1-29-21-10-6-5-9-20(21)25(30(27,28)19-7-3-2-4-8-19)16-22(26)24-18-13-11-17(15-23)12-14-18/h2-14H,16H2,1H3,(H,24,26). The number of nitriles is 1. The van der Waals surface area contributed by atoms with E-state index in [0.717, 1.165) is 4.31 Å². The van der Waals surface area contributed by atoms with Crippen LogP contribution in [0.1, 0.15) is 5.56 Å². The number of sulfonamides is 1. The highest BCUT2D eigenvalue weighted by Gasteiger charge is 2.29. The molecule has 0 heterocycles. The van der Waals surface area contributed by atoms with Gasteiger partial charge in [0, 0.05) is 5.69 Å². The van der Waals surface area contributed by atoms with Gasteiger partial charge in [-0.2, -0.15) is 5.26 Å². The van der Waals surface area contributed by atoms with Crippen molar-refractivity contribution in [3.63, 3.8) is 0 Å². The third-order valence-corrected chi connectivity index (χ3v) is 6.04. The average Bonchev–Trinajstić information content (AvgIpc) is 2.78. The SMILES string of the molecule is COc1ccccc1N(CC(=O)Nc1ccc(C#N)cc1)S(=O)(=O)c1ccccc1. The van der Waals surface area contributed by atoms with Crippen LogP contribution in [-0.4, -0.2) is 28.0 Å². The van der Waals surface area contributed by atoms with Gasteiger partial charge < -0.3 is 10.1 Å². The summed E-state index contributed by atoms with van der Waals surface area (Å²) in [6.45, 7) is -0.461. The van der Waals surface area contributed by atoms with Crippen LogP contribution < -0.4 is 14.4 Å². The summed E-state index contributed by atoms with van der Waals surface area (Å²) in [5, 5.41) is 11.5. The molecule has 1 amide bonds. The summed E-state index contributed by atoms with van der Waals surface area (Å²) >= 11 is 0. The van der Waals surface area contributed by atoms with Gasteiger partial charge in [0.05, 0.1) is 29.3 Å². The third-order valence-electron chi connectivity index (χ3n) is 4.27.